The molecule has 19 heavy (non-hydrogen) atoms. The molecule has 0 bridgehead atoms. The van der Waals surface area contributed by atoms with Crippen molar-refractivity contribution in [2.45, 2.75) is 18.2 Å². The summed E-state index contributed by atoms with van der Waals surface area (Å²) in [6, 6.07) is 6.51. The molecular formula is C13H15NO4S. The van der Waals surface area contributed by atoms with Crippen molar-refractivity contribution in [3.8, 4) is 5.75 Å². The van der Waals surface area contributed by atoms with Gasteiger partial charge >= 0.3 is 5.97 Å². The quantitative estimate of drug-likeness (QED) is 0.841. The molecule has 1 aromatic rings. The Morgan fingerprint density at radius 1 is 1.42 bits per heavy atom. The summed E-state index contributed by atoms with van der Waals surface area (Å²) in [5, 5.41) is 19.7. The molecule has 3 unspecified atom stereocenters. The second-order valence-electron chi connectivity index (χ2n) is 4.73. The van der Waals surface area contributed by atoms with E-state index in [2.05, 4.69) is 0 Å². The third-order valence-electron chi connectivity index (χ3n) is 3.64. The second kappa shape index (κ2) is 5.03. The first-order valence-corrected chi connectivity index (χ1v) is 7.30. The number of aliphatic carboxylic acids is 1. The zero-order chi connectivity index (χ0) is 13.4. The summed E-state index contributed by atoms with van der Waals surface area (Å²) in [7, 11) is 0. The van der Waals surface area contributed by atoms with Gasteiger partial charge in [-0.2, -0.15) is 0 Å². The van der Waals surface area contributed by atoms with Gasteiger partial charge in [0.25, 0.3) is 0 Å². The largest absolute Gasteiger partial charge is 0.491 e. The zero-order valence-corrected chi connectivity index (χ0v) is 11.0. The van der Waals surface area contributed by atoms with Crippen LogP contribution in [0.5, 0.6) is 5.75 Å². The van der Waals surface area contributed by atoms with E-state index in [1.165, 1.54) is 0 Å². The van der Waals surface area contributed by atoms with Crippen LogP contribution in [0.3, 0.4) is 0 Å². The van der Waals surface area contributed by atoms with E-state index in [9.17, 15) is 15.0 Å². The van der Waals surface area contributed by atoms with Crippen LogP contribution in [0.2, 0.25) is 0 Å². The van der Waals surface area contributed by atoms with Gasteiger partial charge in [0.2, 0.25) is 0 Å². The Morgan fingerprint density at radius 2 is 2.21 bits per heavy atom. The maximum Gasteiger partial charge on any atom is 0.321 e. The van der Waals surface area contributed by atoms with E-state index in [1.807, 2.05) is 29.2 Å². The molecule has 0 saturated carbocycles. The SMILES string of the molecule is O=C(O)C1CSCN1C1COc2ccccc2C1O. The van der Waals surface area contributed by atoms with Gasteiger partial charge < -0.3 is 14.9 Å². The normalized spacial score (nSPS) is 30.7. The predicted octanol–water partition coefficient (Wildman–Crippen LogP) is 0.940. The number of thioether (sulfide) groups is 1. The minimum absolute atomic E-state index is 0.300. The minimum atomic E-state index is -0.837. The minimum Gasteiger partial charge on any atom is -0.491 e. The van der Waals surface area contributed by atoms with E-state index in [1.54, 1.807) is 11.8 Å². The first-order valence-electron chi connectivity index (χ1n) is 6.14. The van der Waals surface area contributed by atoms with Gasteiger partial charge in [0.05, 0.1) is 6.04 Å². The molecule has 2 heterocycles. The summed E-state index contributed by atoms with van der Waals surface area (Å²) in [4.78, 5) is 13.1. The number of hydrogen-bond acceptors (Lipinski definition) is 5. The van der Waals surface area contributed by atoms with Crippen LogP contribution in [0.4, 0.5) is 0 Å². The van der Waals surface area contributed by atoms with Crippen molar-refractivity contribution < 1.29 is 19.7 Å². The van der Waals surface area contributed by atoms with Gasteiger partial charge in [-0.3, -0.25) is 9.69 Å². The fourth-order valence-corrected chi connectivity index (χ4v) is 3.85. The molecule has 2 aliphatic heterocycles. The van der Waals surface area contributed by atoms with Gasteiger partial charge in [-0.05, 0) is 6.07 Å². The summed E-state index contributed by atoms with van der Waals surface area (Å²) < 4.78 is 5.64. The molecule has 0 aliphatic carbocycles. The van der Waals surface area contributed by atoms with Crippen molar-refractivity contribution in [3.63, 3.8) is 0 Å². The smallest absolute Gasteiger partial charge is 0.321 e. The number of fused-ring (bicyclic) bond motifs is 1. The number of aliphatic hydroxyl groups is 1. The molecule has 1 aromatic carbocycles. The monoisotopic (exact) mass is 281 g/mol. The van der Waals surface area contributed by atoms with Crippen LogP contribution in [-0.4, -0.2) is 51.4 Å². The lowest BCUT2D eigenvalue weighted by Crippen LogP contribution is -2.51. The molecule has 0 radical (unpaired) electrons. The van der Waals surface area contributed by atoms with Crippen LogP contribution in [0.25, 0.3) is 0 Å². The number of aliphatic hydroxyl groups excluding tert-OH is 1. The highest BCUT2D eigenvalue weighted by Gasteiger charge is 2.41. The summed E-state index contributed by atoms with van der Waals surface area (Å²) in [6.07, 6.45) is -0.703. The molecule has 1 fully saturated rings. The van der Waals surface area contributed by atoms with Crippen molar-refractivity contribution in [1.82, 2.24) is 4.90 Å². The van der Waals surface area contributed by atoms with E-state index in [4.69, 9.17) is 4.74 Å². The number of carboxylic acid groups (broad SMARTS) is 1. The van der Waals surface area contributed by atoms with Gasteiger partial charge in [0.15, 0.2) is 0 Å². The Kier molecular flexibility index (Phi) is 3.38. The molecule has 2 aliphatic rings. The summed E-state index contributed by atoms with van der Waals surface area (Å²) in [5.41, 5.74) is 0.736. The average Bonchev–Trinajstić information content (AvgIpc) is 2.89. The zero-order valence-electron chi connectivity index (χ0n) is 10.2. The topological polar surface area (TPSA) is 70.0 Å². The van der Waals surface area contributed by atoms with E-state index in [0.717, 1.165) is 5.56 Å². The molecule has 0 amide bonds. The van der Waals surface area contributed by atoms with Crippen molar-refractivity contribution >= 4 is 17.7 Å². The number of hydrogen-bond donors (Lipinski definition) is 2. The van der Waals surface area contributed by atoms with Gasteiger partial charge in [-0.15, -0.1) is 11.8 Å². The highest BCUT2D eigenvalue weighted by molar-refractivity contribution is 7.99. The average molecular weight is 281 g/mol. The summed E-state index contributed by atoms with van der Waals surface area (Å²) in [5.74, 6) is 1.02. The lowest BCUT2D eigenvalue weighted by Gasteiger charge is -2.37. The maximum absolute atomic E-state index is 11.2. The molecule has 0 aromatic heterocycles. The van der Waals surface area contributed by atoms with E-state index < -0.39 is 18.1 Å². The Morgan fingerprint density at radius 3 is 3.00 bits per heavy atom. The Hall–Kier alpha value is -1.24. The molecule has 6 heteroatoms. The molecular weight excluding hydrogens is 266 g/mol. The molecule has 0 spiro atoms. The number of carbonyl (C=O) groups is 1. The van der Waals surface area contributed by atoms with E-state index >= 15 is 0 Å². The van der Waals surface area contributed by atoms with Crippen LogP contribution >= 0.6 is 11.8 Å². The van der Waals surface area contributed by atoms with Crippen molar-refractivity contribution in [2.75, 3.05) is 18.2 Å². The number of nitrogens with zero attached hydrogens (tertiary/aromatic N) is 1. The third kappa shape index (κ3) is 2.20. The highest BCUT2D eigenvalue weighted by atomic mass is 32.2. The van der Waals surface area contributed by atoms with Crippen LogP contribution in [-0.2, 0) is 4.79 Å². The van der Waals surface area contributed by atoms with Gasteiger partial charge in [0, 0.05) is 17.2 Å². The Balaban J connectivity index is 1.86. The van der Waals surface area contributed by atoms with Crippen LogP contribution < -0.4 is 4.74 Å². The Labute approximate surface area is 115 Å². The molecule has 2 N–H and O–H groups in total. The van der Waals surface area contributed by atoms with Gasteiger partial charge in [-0.1, -0.05) is 18.2 Å². The van der Waals surface area contributed by atoms with Crippen LogP contribution in [0, 0.1) is 0 Å². The Bertz CT molecular complexity index is 495. The number of benzene rings is 1. The van der Waals surface area contributed by atoms with Gasteiger partial charge in [-0.25, -0.2) is 0 Å². The standard InChI is InChI=1S/C13H15NO4S/c15-12-8-3-1-2-4-11(8)18-5-9(12)14-7-19-6-10(14)13(16)17/h1-4,9-10,12,15H,5-7H2,(H,16,17). The molecule has 5 nitrogen and oxygen atoms in total. The summed E-state index contributed by atoms with van der Waals surface area (Å²) in [6.45, 7) is 0.322. The molecule has 3 atom stereocenters. The number of ether oxygens (including phenoxy) is 1. The number of para-hydroxylation sites is 1. The lowest BCUT2D eigenvalue weighted by molar-refractivity contribution is -0.144. The van der Waals surface area contributed by atoms with E-state index in [-0.39, 0.29) is 6.04 Å². The van der Waals surface area contributed by atoms with Gasteiger partial charge in [0.1, 0.15) is 24.5 Å². The van der Waals surface area contributed by atoms with Crippen molar-refractivity contribution in [3.05, 3.63) is 29.8 Å². The first-order chi connectivity index (χ1) is 9.18. The van der Waals surface area contributed by atoms with E-state index in [0.29, 0.717) is 24.0 Å². The number of carboxylic acids is 1. The predicted molar refractivity (Wildman–Crippen MR) is 71.3 cm³/mol. The fourth-order valence-electron chi connectivity index (χ4n) is 2.60. The molecule has 1 saturated heterocycles. The summed E-state index contributed by atoms with van der Waals surface area (Å²) >= 11 is 1.57. The lowest BCUT2D eigenvalue weighted by atomic mass is 9.97. The maximum atomic E-state index is 11.2. The second-order valence-corrected chi connectivity index (χ2v) is 5.73. The molecule has 3 rings (SSSR count). The first kappa shape index (κ1) is 12.8. The number of rotatable bonds is 2. The highest BCUT2D eigenvalue weighted by Crippen LogP contribution is 2.37. The molecule has 102 valence electrons. The third-order valence-corrected chi connectivity index (χ3v) is 4.67. The van der Waals surface area contributed by atoms with Crippen LogP contribution in [0.1, 0.15) is 11.7 Å². The van der Waals surface area contributed by atoms with Crippen molar-refractivity contribution in [1.29, 1.82) is 0 Å². The van der Waals surface area contributed by atoms with Crippen LogP contribution in [0.15, 0.2) is 24.3 Å². The fraction of sp³-hybridized carbons (Fsp3) is 0.462. The van der Waals surface area contributed by atoms with Crippen molar-refractivity contribution in [2.24, 2.45) is 0 Å².